The molecule has 94 valence electrons. The van der Waals surface area contributed by atoms with Gasteiger partial charge < -0.3 is 5.11 Å². The second-order valence-corrected chi connectivity index (χ2v) is 5.06. The molecule has 4 rings (SSSR count). The Morgan fingerprint density at radius 2 is 1.84 bits per heavy atom. The quantitative estimate of drug-likeness (QED) is 0.721. The van der Waals surface area contributed by atoms with Crippen molar-refractivity contribution in [3.05, 3.63) is 65.9 Å². The summed E-state index contributed by atoms with van der Waals surface area (Å²) in [6.07, 6.45) is 2.23. The average Bonchev–Trinajstić information content (AvgIpc) is 3.01. The van der Waals surface area contributed by atoms with Gasteiger partial charge in [0.15, 0.2) is 0 Å². The highest BCUT2D eigenvalue weighted by Gasteiger charge is 2.33. The fourth-order valence-corrected chi connectivity index (χ4v) is 3.03. The number of aromatic nitrogens is 2. The summed E-state index contributed by atoms with van der Waals surface area (Å²) < 4.78 is 1.96. The van der Waals surface area contributed by atoms with Crippen LogP contribution in [0, 0.1) is 0 Å². The summed E-state index contributed by atoms with van der Waals surface area (Å²) in [4.78, 5) is 0. The third kappa shape index (κ3) is 1.52. The van der Waals surface area contributed by atoms with Crippen molar-refractivity contribution in [2.24, 2.45) is 0 Å². The summed E-state index contributed by atoms with van der Waals surface area (Å²) in [5.41, 5.74) is 3.34. The molecule has 0 amide bonds. The third-order valence-corrected chi connectivity index (χ3v) is 3.99. The number of nitrogens with zero attached hydrogens (tertiary/aromatic N) is 2. The van der Waals surface area contributed by atoms with Crippen LogP contribution in [0.5, 0.6) is 0 Å². The number of hydrogen-bond acceptors (Lipinski definition) is 2. The number of rotatable bonds is 1. The molecule has 1 aliphatic rings. The molecule has 0 radical (unpaired) electrons. The topological polar surface area (TPSA) is 38.0 Å². The average molecular weight is 250 g/mol. The van der Waals surface area contributed by atoms with E-state index in [9.17, 15) is 5.11 Å². The molecule has 2 aromatic carbocycles. The number of fused-ring (bicyclic) bond motifs is 2. The van der Waals surface area contributed by atoms with E-state index < -0.39 is 6.10 Å². The number of benzene rings is 2. The Kier molecular flexibility index (Phi) is 2.23. The number of hydrogen-bond donors (Lipinski definition) is 1. The predicted octanol–water partition coefficient (Wildman–Crippen LogP) is 2.87. The van der Waals surface area contributed by atoms with Crippen LogP contribution in [0.3, 0.4) is 0 Å². The highest BCUT2D eigenvalue weighted by atomic mass is 16.3. The zero-order valence-electron chi connectivity index (χ0n) is 10.4. The van der Waals surface area contributed by atoms with E-state index in [1.54, 1.807) is 0 Å². The van der Waals surface area contributed by atoms with Gasteiger partial charge in [-0.3, -0.25) is 4.68 Å². The molecule has 0 bridgehead atoms. The van der Waals surface area contributed by atoms with Crippen LogP contribution in [0.2, 0.25) is 0 Å². The molecule has 0 spiro atoms. The lowest BCUT2D eigenvalue weighted by Gasteiger charge is -2.16. The van der Waals surface area contributed by atoms with Gasteiger partial charge in [0.25, 0.3) is 0 Å². The van der Waals surface area contributed by atoms with E-state index in [0.29, 0.717) is 0 Å². The normalized spacial score (nSPS) is 21.7. The smallest absolute Gasteiger partial charge is 0.102 e. The Hall–Kier alpha value is -2.13. The van der Waals surface area contributed by atoms with Gasteiger partial charge in [0.05, 0.1) is 17.8 Å². The fourth-order valence-electron chi connectivity index (χ4n) is 3.03. The van der Waals surface area contributed by atoms with E-state index in [2.05, 4.69) is 17.2 Å². The fraction of sp³-hybridized carbons (Fsp3) is 0.188. The highest BCUT2D eigenvalue weighted by Crippen LogP contribution is 2.39. The van der Waals surface area contributed by atoms with E-state index in [1.807, 2.05) is 47.3 Å². The van der Waals surface area contributed by atoms with Gasteiger partial charge in [-0.2, -0.15) is 5.10 Å². The van der Waals surface area contributed by atoms with Crippen molar-refractivity contribution in [1.29, 1.82) is 0 Å². The van der Waals surface area contributed by atoms with Crippen LogP contribution in [0.1, 0.15) is 23.3 Å². The van der Waals surface area contributed by atoms with Crippen molar-refractivity contribution >= 4 is 10.9 Å². The largest absolute Gasteiger partial charge is 0.386 e. The Balaban J connectivity index is 1.83. The monoisotopic (exact) mass is 250 g/mol. The maximum atomic E-state index is 10.5. The summed E-state index contributed by atoms with van der Waals surface area (Å²) in [6, 6.07) is 16.2. The molecule has 1 aromatic heterocycles. The molecule has 1 heterocycles. The van der Waals surface area contributed by atoms with E-state index >= 15 is 0 Å². The zero-order chi connectivity index (χ0) is 12.8. The van der Waals surface area contributed by atoms with Crippen molar-refractivity contribution < 1.29 is 5.11 Å². The molecule has 1 aliphatic carbocycles. The van der Waals surface area contributed by atoms with E-state index in [0.717, 1.165) is 22.9 Å². The molecule has 3 heteroatoms. The molecule has 0 fully saturated rings. The molecule has 0 aliphatic heterocycles. The van der Waals surface area contributed by atoms with Crippen molar-refractivity contribution in [1.82, 2.24) is 9.78 Å². The van der Waals surface area contributed by atoms with Crippen molar-refractivity contribution in [2.45, 2.75) is 18.6 Å². The summed E-state index contributed by atoms with van der Waals surface area (Å²) in [5, 5.41) is 16.1. The van der Waals surface area contributed by atoms with Gasteiger partial charge in [-0.15, -0.1) is 0 Å². The molecule has 19 heavy (non-hydrogen) atoms. The Labute approximate surface area is 111 Å². The molecule has 3 nitrogen and oxygen atoms in total. The second-order valence-electron chi connectivity index (χ2n) is 5.06. The molecule has 0 saturated carbocycles. The lowest BCUT2D eigenvalue weighted by Crippen LogP contribution is -2.15. The number of para-hydroxylation sites is 1. The number of aliphatic hydroxyl groups excluding tert-OH is 1. The predicted molar refractivity (Wildman–Crippen MR) is 73.9 cm³/mol. The van der Waals surface area contributed by atoms with Crippen molar-refractivity contribution in [2.75, 3.05) is 0 Å². The summed E-state index contributed by atoms with van der Waals surface area (Å²) in [5.74, 6) is 0. The maximum absolute atomic E-state index is 10.5. The SMILES string of the molecule is OC1c2ccccc2CC1n1ncc2ccccc21. The number of aliphatic hydroxyl groups is 1. The van der Waals surface area contributed by atoms with E-state index in [4.69, 9.17) is 0 Å². The van der Waals surface area contributed by atoms with Gasteiger partial charge in [-0.05, 0) is 23.6 Å². The third-order valence-electron chi connectivity index (χ3n) is 3.99. The maximum Gasteiger partial charge on any atom is 0.102 e. The van der Waals surface area contributed by atoms with Gasteiger partial charge in [-0.25, -0.2) is 0 Å². The van der Waals surface area contributed by atoms with Gasteiger partial charge in [0, 0.05) is 5.39 Å². The summed E-state index contributed by atoms with van der Waals surface area (Å²) >= 11 is 0. The van der Waals surface area contributed by atoms with Crippen LogP contribution in [-0.4, -0.2) is 14.9 Å². The van der Waals surface area contributed by atoms with Gasteiger partial charge in [0.1, 0.15) is 6.10 Å². The van der Waals surface area contributed by atoms with Crippen LogP contribution < -0.4 is 0 Å². The second kappa shape index (κ2) is 3.93. The Morgan fingerprint density at radius 3 is 2.74 bits per heavy atom. The van der Waals surface area contributed by atoms with Crippen molar-refractivity contribution in [3.8, 4) is 0 Å². The minimum atomic E-state index is -0.473. The highest BCUT2D eigenvalue weighted by molar-refractivity contribution is 5.78. The first-order valence-electron chi connectivity index (χ1n) is 6.53. The molecular weight excluding hydrogens is 236 g/mol. The van der Waals surface area contributed by atoms with Gasteiger partial charge in [0.2, 0.25) is 0 Å². The lowest BCUT2D eigenvalue weighted by atomic mass is 10.1. The first kappa shape index (κ1) is 10.8. The van der Waals surface area contributed by atoms with Gasteiger partial charge in [-0.1, -0.05) is 42.5 Å². The molecule has 3 aromatic rings. The van der Waals surface area contributed by atoms with Crippen molar-refractivity contribution in [3.63, 3.8) is 0 Å². The molecule has 2 atom stereocenters. The van der Waals surface area contributed by atoms with Crippen LogP contribution >= 0.6 is 0 Å². The standard InChI is InChI=1S/C16H14N2O/c19-16-13-7-3-1-5-11(13)9-15(16)18-14-8-4-2-6-12(14)10-17-18/h1-8,10,15-16,19H,9H2. The molecular formula is C16H14N2O. The van der Waals surface area contributed by atoms with Crippen LogP contribution in [-0.2, 0) is 6.42 Å². The molecule has 2 unspecified atom stereocenters. The summed E-state index contributed by atoms with van der Waals surface area (Å²) in [7, 11) is 0. The zero-order valence-corrected chi connectivity index (χ0v) is 10.4. The molecule has 1 N–H and O–H groups in total. The van der Waals surface area contributed by atoms with E-state index in [-0.39, 0.29) is 6.04 Å². The van der Waals surface area contributed by atoms with E-state index in [1.165, 1.54) is 5.56 Å². The minimum absolute atomic E-state index is 0.00250. The molecule has 0 saturated heterocycles. The summed E-state index contributed by atoms with van der Waals surface area (Å²) in [6.45, 7) is 0. The Morgan fingerprint density at radius 1 is 1.05 bits per heavy atom. The first-order chi connectivity index (χ1) is 9.34. The lowest BCUT2D eigenvalue weighted by molar-refractivity contribution is 0.123. The van der Waals surface area contributed by atoms with Crippen LogP contribution in [0.25, 0.3) is 10.9 Å². The van der Waals surface area contributed by atoms with Gasteiger partial charge >= 0.3 is 0 Å². The Bertz CT molecular complexity index is 747. The van der Waals surface area contributed by atoms with Crippen LogP contribution in [0.4, 0.5) is 0 Å². The first-order valence-corrected chi connectivity index (χ1v) is 6.53. The van der Waals surface area contributed by atoms with Crippen LogP contribution in [0.15, 0.2) is 54.7 Å². The minimum Gasteiger partial charge on any atom is -0.386 e.